The number of amides is 4. The van der Waals surface area contributed by atoms with Crippen molar-refractivity contribution in [2.45, 2.75) is 96.4 Å². The van der Waals surface area contributed by atoms with Gasteiger partial charge in [0.1, 0.15) is 11.9 Å². The zero-order chi connectivity index (χ0) is 35.4. The third-order valence-corrected chi connectivity index (χ3v) is 10.9. The second kappa shape index (κ2) is 15.7. The number of fused-ring (bicyclic) bond motifs is 1. The minimum absolute atomic E-state index is 0.00230. The normalized spacial score (nSPS) is 20.5. The lowest BCUT2D eigenvalue weighted by Gasteiger charge is -2.42. The van der Waals surface area contributed by atoms with E-state index in [0.717, 1.165) is 62.0 Å². The fourth-order valence-electron chi connectivity index (χ4n) is 8.10. The Hall–Kier alpha value is -4.32. The van der Waals surface area contributed by atoms with Crippen molar-refractivity contribution in [3.63, 3.8) is 0 Å². The van der Waals surface area contributed by atoms with Gasteiger partial charge >= 0.3 is 18.1 Å². The molecule has 0 unspecified atom stereocenters. The molecule has 4 amide bonds. The summed E-state index contributed by atoms with van der Waals surface area (Å²) >= 11 is 0. The lowest BCUT2D eigenvalue weighted by molar-refractivity contribution is -0.148. The van der Waals surface area contributed by atoms with Crippen LogP contribution in [0.2, 0.25) is 0 Å². The van der Waals surface area contributed by atoms with E-state index >= 15 is 0 Å². The van der Waals surface area contributed by atoms with Gasteiger partial charge in [-0.1, -0.05) is 30.3 Å². The zero-order valence-corrected chi connectivity index (χ0v) is 29.6. The number of nitrogens with zero attached hydrogens (tertiary/aromatic N) is 4. The van der Waals surface area contributed by atoms with E-state index in [1.165, 1.54) is 6.92 Å². The molecule has 4 aliphatic rings. The minimum atomic E-state index is -1.01. The molecule has 50 heavy (non-hydrogen) atoms. The second-order valence-electron chi connectivity index (χ2n) is 14.3. The smallest absolute Gasteiger partial charge is 0.410 e. The number of aryl methyl sites for hydroxylation is 2. The Morgan fingerprint density at radius 2 is 1.48 bits per heavy atom. The van der Waals surface area contributed by atoms with E-state index < -0.39 is 12.2 Å². The van der Waals surface area contributed by atoms with Gasteiger partial charge in [-0.25, -0.2) is 9.59 Å². The first-order valence-corrected chi connectivity index (χ1v) is 18.2. The van der Waals surface area contributed by atoms with Gasteiger partial charge in [0.15, 0.2) is 6.10 Å². The Balaban J connectivity index is 1.06. The number of para-hydroxylation sites is 1. The molecule has 1 atom stereocenters. The largest absolute Gasteiger partial charge is 0.507 e. The van der Waals surface area contributed by atoms with Crippen LogP contribution >= 0.6 is 0 Å². The monoisotopic (exact) mass is 689 g/mol. The predicted octanol–water partition coefficient (Wildman–Crippen LogP) is 4.63. The van der Waals surface area contributed by atoms with E-state index in [0.29, 0.717) is 62.7 Å². The first-order valence-electron chi connectivity index (χ1n) is 18.2. The van der Waals surface area contributed by atoms with E-state index in [4.69, 9.17) is 9.47 Å². The van der Waals surface area contributed by atoms with E-state index in [9.17, 15) is 24.3 Å². The highest BCUT2D eigenvalue weighted by molar-refractivity contribution is 5.91. The summed E-state index contributed by atoms with van der Waals surface area (Å²) < 4.78 is 11.5. The topological polar surface area (TPSA) is 132 Å². The van der Waals surface area contributed by atoms with E-state index in [-0.39, 0.29) is 42.2 Å². The molecule has 6 rings (SSSR count). The number of ether oxygens (including phenoxy) is 2. The number of hydrogen-bond donors (Lipinski definition) is 2. The van der Waals surface area contributed by atoms with Crippen molar-refractivity contribution < 1.29 is 33.8 Å². The summed E-state index contributed by atoms with van der Waals surface area (Å²) in [5.74, 6) is -0.219. The van der Waals surface area contributed by atoms with E-state index in [1.54, 1.807) is 4.90 Å². The average Bonchev–Trinajstić information content (AvgIpc) is 3.28. The molecular formula is C38H51N5O7. The van der Waals surface area contributed by atoms with Crippen LogP contribution in [0, 0.1) is 13.8 Å². The molecule has 0 bridgehead atoms. The van der Waals surface area contributed by atoms with Crippen molar-refractivity contribution in [1.29, 1.82) is 0 Å². The van der Waals surface area contributed by atoms with Gasteiger partial charge in [0.25, 0.3) is 5.91 Å². The summed E-state index contributed by atoms with van der Waals surface area (Å²) in [7, 11) is 0. The maximum atomic E-state index is 14.1. The minimum Gasteiger partial charge on any atom is -0.507 e. The average molecular weight is 690 g/mol. The first kappa shape index (κ1) is 35.5. The number of piperidine rings is 3. The molecule has 3 saturated heterocycles. The fraction of sp³-hybridized carbons (Fsp3) is 0.579. The molecule has 0 aliphatic carbocycles. The summed E-state index contributed by atoms with van der Waals surface area (Å²) in [6.45, 7) is 9.44. The fourth-order valence-corrected chi connectivity index (χ4v) is 8.10. The molecule has 3 fully saturated rings. The van der Waals surface area contributed by atoms with Crippen LogP contribution in [-0.4, -0.2) is 119 Å². The van der Waals surface area contributed by atoms with Crippen LogP contribution < -0.4 is 5.32 Å². The molecule has 0 saturated carbocycles. The van der Waals surface area contributed by atoms with Crippen LogP contribution in [0.15, 0.2) is 36.4 Å². The van der Waals surface area contributed by atoms with Crippen LogP contribution in [0.25, 0.3) is 0 Å². The molecule has 12 heteroatoms. The van der Waals surface area contributed by atoms with Crippen LogP contribution in [0.4, 0.5) is 15.3 Å². The number of aromatic hydroxyl groups is 1. The molecular weight excluding hydrogens is 638 g/mol. The van der Waals surface area contributed by atoms with Gasteiger partial charge in [0.05, 0.1) is 0 Å². The number of phenolic OH excluding ortho intramolecular Hbond substituents is 1. The molecule has 0 radical (unpaired) electrons. The Labute approximate surface area is 294 Å². The zero-order valence-electron chi connectivity index (χ0n) is 29.6. The molecule has 2 aromatic carbocycles. The number of nitrogens with one attached hydrogen (secondary N) is 1. The molecule has 0 spiro atoms. The lowest BCUT2D eigenvalue weighted by Crippen LogP contribution is -2.53. The molecule has 0 aromatic heterocycles. The van der Waals surface area contributed by atoms with Crippen molar-refractivity contribution in [3.05, 3.63) is 58.7 Å². The van der Waals surface area contributed by atoms with Crippen LogP contribution in [0.3, 0.4) is 0 Å². The standard InChI is InChI=1S/C38H51N5O7/c1-25-22-28(23-26(2)35(25)45)24-34(36(46)41-15-9-30(10-16-41)40-19-13-32(14-20-40)49-27(3)44)50-38(48)42-17-11-31(12-18-42)43-21-8-29-6-4-5-7-33(29)39-37(43)47/h4-7,22-23,30-32,34,45H,8-21,24H2,1-3H3,(H,39,47)/t34-/m1/s1. The third kappa shape index (κ3) is 8.34. The number of benzene rings is 2. The molecule has 12 nitrogen and oxygen atoms in total. The molecule has 4 aliphatic heterocycles. The summed E-state index contributed by atoms with van der Waals surface area (Å²) in [4.78, 5) is 60.0. The summed E-state index contributed by atoms with van der Waals surface area (Å²) in [6, 6.07) is 11.8. The second-order valence-corrected chi connectivity index (χ2v) is 14.3. The summed E-state index contributed by atoms with van der Waals surface area (Å²) in [6.07, 6.45) is 3.96. The third-order valence-electron chi connectivity index (χ3n) is 10.9. The van der Waals surface area contributed by atoms with Crippen LogP contribution in [0.1, 0.15) is 67.7 Å². The van der Waals surface area contributed by atoms with Crippen molar-refractivity contribution in [3.8, 4) is 5.75 Å². The van der Waals surface area contributed by atoms with Gasteiger partial charge in [-0.05, 0) is 87.1 Å². The van der Waals surface area contributed by atoms with Gasteiger partial charge in [-0.15, -0.1) is 0 Å². The number of esters is 1. The number of carbonyl (C=O) groups excluding carboxylic acids is 4. The molecule has 4 heterocycles. The van der Waals surface area contributed by atoms with Crippen molar-refractivity contribution in [2.24, 2.45) is 0 Å². The Morgan fingerprint density at radius 3 is 2.14 bits per heavy atom. The highest BCUT2D eigenvalue weighted by atomic mass is 16.6. The van der Waals surface area contributed by atoms with E-state index in [1.807, 2.05) is 60.0 Å². The van der Waals surface area contributed by atoms with Gasteiger partial charge in [-0.3, -0.25) is 14.5 Å². The highest BCUT2D eigenvalue weighted by Gasteiger charge is 2.37. The van der Waals surface area contributed by atoms with Gasteiger partial charge < -0.3 is 34.6 Å². The quantitative estimate of drug-likeness (QED) is 0.403. The van der Waals surface area contributed by atoms with Gasteiger partial charge in [0.2, 0.25) is 0 Å². The Morgan fingerprint density at radius 1 is 0.860 bits per heavy atom. The van der Waals surface area contributed by atoms with Crippen LogP contribution in [0.5, 0.6) is 5.75 Å². The maximum absolute atomic E-state index is 14.1. The Kier molecular flexibility index (Phi) is 11.2. The highest BCUT2D eigenvalue weighted by Crippen LogP contribution is 2.28. The maximum Gasteiger partial charge on any atom is 0.410 e. The Bertz CT molecular complexity index is 1540. The van der Waals surface area contributed by atoms with Crippen molar-refractivity contribution in [1.82, 2.24) is 19.6 Å². The molecule has 270 valence electrons. The first-order chi connectivity index (χ1) is 24.0. The predicted molar refractivity (Wildman–Crippen MR) is 188 cm³/mol. The number of carbonyl (C=O) groups is 4. The number of urea groups is 1. The SMILES string of the molecule is CC(=O)OC1CCN(C2CCN(C(=O)[C@@H](Cc3cc(C)c(O)c(C)c3)OC(=O)N3CCC(N4CCc5ccccc5NC4=O)CC3)CC2)CC1. The van der Waals surface area contributed by atoms with Crippen molar-refractivity contribution >= 4 is 29.7 Å². The van der Waals surface area contributed by atoms with Gasteiger partial charge in [0, 0.05) is 76.9 Å². The number of likely N-dealkylation sites (tertiary alicyclic amines) is 3. The van der Waals surface area contributed by atoms with E-state index in [2.05, 4.69) is 10.2 Å². The number of hydrogen-bond acceptors (Lipinski definition) is 8. The molecule has 2 N–H and O–H groups in total. The number of rotatable bonds is 7. The lowest BCUT2D eigenvalue weighted by atomic mass is 9.97. The summed E-state index contributed by atoms with van der Waals surface area (Å²) in [5.41, 5.74) is 4.20. The van der Waals surface area contributed by atoms with Crippen molar-refractivity contribution in [2.75, 3.05) is 51.1 Å². The number of anilines is 1. The summed E-state index contributed by atoms with van der Waals surface area (Å²) in [5, 5.41) is 13.4. The number of phenols is 1. The van der Waals surface area contributed by atoms with Crippen LogP contribution in [-0.2, 0) is 31.9 Å². The molecule has 2 aromatic rings. The van der Waals surface area contributed by atoms with Gasteiger partial charge in [-0.2, -0.15) is 0 Å².